The van der Waals surface area contributed by atoms with Gasteiger partial charge in [-0.15, -0.1) is 0 Å². The molecule has 1 amide bonds. The number of carbonyl (C=O) groups is 1. The average Bonchev–Trinajstić information content (AvgIpc) is 2.71. The van der Waals surface area contributed by atoms with Gasteiger partial charge in [-0.2, -0.15) is 0 Å². The van der Waals surface area contributed by atoms with Crippen molar-refractivity contribution in [3.63, 3.8) is 0 Å². The molecule has 0 saturated carbocycles. The summed E-state index contributed by atoms with van der Waals surface area (Å²) in [6.45, 7) is 2.85. The van der Waals surface area contributed by atoms with E-state index >= 15 is 0 Å². The first-order valence-electron chi connectivity index (χ1n) is 9.71. The van der Waals surface area contributed by atoms with E-state index < -0.39 is 32.8 Å². The molecule has 2 aliphatic rings. The Morgan fingerprint density at radius 2 is 2.06 bits per heavy atom. The predicted molar refractivity (Wildman–Crippen MR) is 117 cm³/mol. The van der Waals surface area contributed by atoms with Crippen molar-refractivity contribution < 1.29 is 18.1 Å². The van der Waals surface area contributed by atoms with Crippen LogP contribution >= 0.6 is 0 Å². The largest absolute Gasteiger partial charge is 0.495 e. The zero-order chi connectivity index (χ0) is 22.4. The summed E-state index contributed by atoms with van der Waals surface area (Å²) in [5, 5.41) is 2.72. The van der Waals surface area contributed by atoms with Gasteiger partial charge >= 0.3 is 0 Å². The highest BCUT2D eigenvalue weighted by Gasteiger charge is 2.55. The summed E-state index contributed by atoms with van der Waals surface area (Å²) in [6.07, 6.45) is 1.44. The Hall–Kier alpha value is -2.85. The second kappa shape index (κ2) is 7.69. The van der Waals surface area contributed by atoms with Crippen LogP contribution < -0.4 is 15.8 Å². The molecule has 3 N–H and O–H groups in total. The van der Waals surface area contributed by atoms with Gasteiger partial charge in [-0.25, -0.2) is 9.37 Å². The van der Waals surface area contributed by atoms with E-state index in [1.54, 1.807) is 13.0 Å². The lowest BCUT2D eigenvalue weighted by molar-refractivity contribution is 0.102. The third-order valence-corrected chi connectivity index (χ3v) is 7.91. The number of ether oxygens (including phenoxy) is 1. The molecule has 2 aromatic rings. The number of carbonyl (C=O) groups excluding carboxylic acids is 1. The Labute approximate surface area is 182 Å². The molecule has 1 saturated heterocycles. The maximum absolute atomic E-state index is 14.8. The summed E-state index contributed by atoms with van der Waals surface area (Å²) in [5.41, 5.74) is 5.93. The first kappa shape index (κ1) is 21.4. The van der Waals surface area contributed by atoms with E-state index in [4.69, 9.17) is 10.5 Å². The third-order valence-electron chi connectivity index (χ3n) is 5.74. The lowest BCUT2D eigenvalue weighted by Crippen LogP contribution is -2.71. The second-order valence-electron chi connectivity index (χ2n) is 8.16. The maximum Gasteiger partial charge on any atom is 0.274 e. The highest BCUT2D eigenvalue weighted by atomic mass is 32.2. The van der Waals surface area contributed by atoms with Gasteiger partial charge in [-0.1, -0.05) is 0 Å². The van der Waals surface area contributed by atoms with E-state index in [1.165, 1.54) is 37.6 Å². The highest BCUT2D eigenvalue weighted by molar-refractivity contribution is 7.87. The van der Waals surface area contributed by atoms with Crippen molar-refractivity contribution in [1.82, 2.24) is 9.88 Å². The molecular formula is C21H24FN5O3S. The number of pyridine rings is 1. The minimum atomic E-state index is -1.31. The molecule has 0 bridgehead atoms. The summed E-state index contributed by atoms with van der Waals surface area (Å²) in [5.74, 6) is 0.0182. The van der Waals surface area contributed by atoms with Gasteiger partial charge < -0.3 is 20.7 Å². The quantitative estimate of drug-likeness (QED) is 0.738. The molecule has 2 atom stereocenters. The van der Waals surface area contributed by atoms with E-state index in [9.17, 15) is 13.4 Å². The molecule has 4 rings (SSSR count). The summed E-state index contributed by atoms with van der Waals surface area (Å²) in [4.78, 5) is 23.2. The number of nitrogens with one attached hydrogen (secondary N) is 1. The van der Waals surface area contributed by atoms with E-state index in [0.29, 0.717) is 24.5 Å². The number of amidine groups is 1. The first-order chi connectivity index (χ1) is 14.7. The van der Waals surface area contributed by atoms with Crippen LogP contribution in [0.1, 0.15) is 23.0 Å². The zero-order valence-corrected chi connectivity index (χ0v) is 18.3. The molecule has 1 aromatic heterocycles. The number of nitrogens with two attached hydrogens (primary N) is 1. The molecule has 0 aliphatic carbocycles. The number of hydrogen-bond acceptors (Lipinski definition) is 7. The lowest BCUT2D eigenvalue weighted by Gasteiger charge is -2.51. The number of halogens is 1. The topological polar surface area (TPSA) is 110 Å². The third kappa shape index (κ3) is 3.70. The van der Waals surface area contributed by atoms with Crippen LogP contribution in [0, 0.1) is 5.82 Å². The van der Waals surface area contributed by atoms with Gasteiger partial charge in [0, 0.05) is 35.1 Å². The fraction of sp³-hybridized carbons (Fsp3) is 0.381. The molecule has 0 radical (unpaired) electrons. The van der Waals surface area contributed by atoms with Crippen LogP contribution in [0.4, 0.5) is 10.1 Å². The van der Waals surface area contributed by atoms with E-state index in [1.807, 2.05) is 11.9 Å². The molecule has 3 heterocycles. The molecule has 1 unspecified atom stereocenters. The van der Waals surface area contributed by atoms with Gasteiger partial charge in [0.15, 0.2) is 0 Å². The Morgan fingerprint density at radius 3 is 2.65 bits per heavy atom. The van der Waals surface area contributed by atoms with Crippen LogP contribution in [0.5, 0.6) is 5.75 Å². The smallest absolute Gasteiger partial charge is 0.274 e. The van der Waals surface area contributed by atoms with Crippen LogP contribution in [0.15, 0.2) is 41.5 Å². The number of likely N-dealkylation sites (tertiary alicyclic amines) is 1. The number of anilines is 1. The Balaban J connectivity index is 1.61. The van der Waals surface area contributed by atoms with E-state index in [2.05, 4.69) is 15.3 Å². The molecule has 10 heteroatoms. The normalized spacial score (nSPS) is 24.9. The number of benzene rings is 1. The van der Waals surface area contributed by atoms with Crippen LogP contribution in [0.3, 0.4) is 0 Å². The van der Waals surface area contributed by atoms with Crippen molar-refractivity contribution in [2.45, 2.75) is 17.2 Å². The maximum atomic E-state index is 14.8. The van der Waals surface area contributed by atoms with Crippen molar-refractivity contribution in [2.24, 2.45) is 10.7 Å². The molecular weight excluding hydrogens is 421 g/mol. The highest BCUT2D eigenvalue weighted by Crippen LogP contribution is 2.40. The number of aromatic nitrogens is 1. The van der Waals surface area contributed by atoms with Crippen LogP contribution in [-0.2, 0) is 16.3 Å². The number of amides is 1. The van der Waals surface area contributed by atoms with Crippen LogP contribution in [0.2, 0.25) is 0 Å². The minimum Gasteiger partial charge on any atom is -0.495 e. The van der Waals surface area contributed by atoms with Crippen LogP contribution in [-0.4, -0.2) is 63.6 Å². The second-order valence-corrected chi connectivity index (χ2v) is 9.92. The average molecular weight is 446 g/mol. The molecule has 1 fully saturated rings. The van der Waals surface area contributed by atoms with Gasteiger partial charge in [0.1, 0.15) is 27.8 Å². The zero-order valence-electron chi connectivity index (χ0n) is 17.5. The molecule has 31 heavy (non-hydrogen) atoms. The number of methoxy groups -OCH3 is 1. The SMILES string of the molecule is COc1ccc(C(=O)Nc2ccc(F)c([C@]3(C)CS(=O)C4(CN(C)C4)C(N)=N3)c2)nc1. The summed E-state index contributed by atoms with van der Waals surface area (Å²) in [7, 11) is 2.12. The number of nitrogens with zero attached hydrogens (tertiary/aromatic N) is 3. The minimum absolute atomic E-state index is 0.149. The molecule has 8 nitrogen and oxygen atoms in total. The van der Waals surface area contributed by atoms with Gasteiger partial charge in [0.2, 0.25) is 0 Å². The predicted octanol–water partition coefficient (Wildman–Crippen LogP) is 1.50. The van der Waals surface area contributed by atoms with Crippen LogP contribution in [0.25, 0.3) is 0 Å². The van der Waals surface area contributed by atoms with Gasteiger partial charge in [0.05, 0.1) is 24.6 Å². The molecule has 2 aliphatic heterocycles. The summed E-state index contributed by atoms with van der Waals surface area (Å²) >= 11 is 0. The fourth-order valence-electron chi connectivity index (χ4n) is 4.03. The first-order valence-corrected chi connectivity index (χ1v) is 11.0. The van der Waals surface area contributed by atoms with Gasteiger partial charge in [-0.3, -0.25) is 14.0 Å². The monoisotopic (exact) mass is 445 g/mol. The van der Waals surface area contributed by atoms with E-state index in [-0.39, 0.29) is 22.8 Å². The molecule has 1 aromatic carbocycles. The molecule has 164 valence electrons. The number of rotatable bonds is 4. The molecule has 1 spiro atoms. The lowest BCUT2D eigenvalue weighted by atomic mass is 9.91. The van der Waals surface area contributed by atoms with Crippen molar-refractivity contribution in [3.05, 3.63) is 53.6 Å². The standard InChI is InChI=1S/C21H24FN5O3S/c1-20(12-31(29)21(19(23)26-20)10-27(2)11-21)15-8-13(4-6-16(15)22)25-18(28)17-7-5-14(30-3)9-24-17/h4-9H,10-12H2,1-3H3,(H2,23,26)(H,25,28)/t20-,31?/m0/s1. The summed E-state index contributed by atoms with van der Waals surface area (Å²) < 4.78 is 32.2. The summed E-state index contributed by atoms with van der Waals surface area (Å²) in [6, 6.07) is 7.38. The van der Waals surface area contributed by atoms with E-state index in [0.717, 1.165) is 0 Å². The van der Waals surface area contributed by atoms with Gasteiger partial charge in [0.25, 0.3) is 5.91 Å². The Kier molecular flexibility index (Phi) is 5.30. The van der Waals surface area contributed by atoms with Gasteiger partial charge in [-0.05, 0) is 44.3 Å². The number of aliphatic imine (C=N–C) groups is 1. The fourth-order valence-corrected chi connectivity index (χ4v) is 6.04. The van der Waals surface area contributed by atoms with Crippen molar-refractivity contribution in [1.29, 1.82) is 0 Å². The Bertz CT molecular complexity index is 1080. The van der Waals surface area contributed by atoms with Crippen molar-refractivity contribution in [2.75, 3.05) is 38.3 Å². The number of hydrogen-bond donors (Lipinski definition) is 2. The Morgan fingerprint density at radius 1 is 1.32 bits per heavy atom. The van der Waals surface area contributed by atoms with Crippen molar-refractivity contribution >= 4 is 28.2 Å². The van der Waals surface area contributed by atoms with Crippen molar-refractivity contribution in [3.8, 4) is 5.75 Å².